The summed E-state index contributed by atoms with van der Waals surface area (Å²) in [6.07, 6.45) is -4.73. The van der Waals surface area contributed by atoms with Gasteiger partial charge in [0.2, 0.25) is 5.82 Å². The lowest BCUT2D eigenvalue weighted by Gasteiger charge is -2.08. The van der Waals surface area contributed by atoms with Crippen molar-refractivity contribution in [1.29, 1.82) is 0 Å². The van der Waals surface area contributed by atoms with E-state index in [1.54, 1.807) is 6.92 Å². The summed E-state index contributed by atoms with van der Waals surface area (Å²) in [5.74, 6) is 0.252. The minimum Gasteiger partial charge on any atom is -0.365 e. The maximum Gasteiger partial charge on any atom is 0.389 e. The molecule has 0 atom stereocenters. The van der Waals surface area contributed by atoms with Crippen LogP contribution in [0, 0.1) is 17.0 Å². The Morgan fingerprint density at radius 1 is 1.40 bits per heavy atom. The Morgan fingerprint density at radius 2 is 2.05 bits per heavy atom. The molecule has 114 valence electrons. The monoisotopic (exact) mass is 294 g/mol. The maximum absolute atomic E-state index is 12.0. The third-order valence-corrected chi connectivity index (χ3v) is 2.76. The number of nitrogens with one attached hydrogen (secondary N) is 1. The summed E-state index contributed by atoms with van der Waals surface area (Å²) in [6, 6.07) is 0. The van der Waals surface area contributed by atoms with Crippen molar-refractivity contribution < 1.29 is 18.1 Å². The molecule has 1 aromatic heterocycles. The summed E-state index contributed by atoms with van der Waals surface area (Å²) in [5, 5.41) is 17.8. The van der Waals surface area contributed by atoms with Gasteiger partial charge in [-0.25, -0.2) is 4.68 Å². The van der Waals surface area contributed by atoms with Crippen LogP contribution in [0.4, 0.5) is 24.7 Å². The van der Waals surface area contributed by atoms with Gasteiger partial charge in [-0.15, -0.1) is 0 Å². The van der Waals surface area contributed by atoms with E-state index in [1.807, 2.05) is 0 Å². The molecule has 20 heavy (non-hydrogen) atoms. The van der Waals surface area contributed by atoms with Gasteiger partial charge in [0, 0.05) is 19.5 Å². The highest BCUT2D eigenvalue weighted by Crippen LogP contribution is 2.28. The van der Waals surface area contributed by atoms with Crippen LogP contribution >= 0.6 is 0 Å². The molecule has 1 N–H and O–H groups in total. The van der Waals surface area contributed by atoms with Crippen molar-refractivity contribution in [3.63, 3.8) is 0 Å². The molecule has 0 saturated carbocycles. The number of nitro groups is 1. The van der Waals surface area contributed by atoms with Crippen LogP contribution < -0.4 is 5.32 Å². The third-order valence-electron chi connectivity index (χ3n) is 2.76. The molecule has 0 aliphatic rings. The van der Waals surface area contributed by atoms with Gasteiger partial charge in [-0.1, -0.05) is 0 Å². The van der Waals surface area contributed by atoms with Gasteiger partial charge in [0.05, 0.1) is 4.92 Å². The zero-order valence-corrected chi connectivity index (χ0v) is 11.3. The normalized spacial score (nSPS) is 11.7. The molecule has 0 aliphatic carbocycles. The second-order valence-electron chi connectivity index (χ2n) is 4.35. The number of alkyl halides is 3. The minimum absolute atomic E-state index is 0.0104. The third kappa shape index (κ3) is 4.39. The number of anilines is 1. The van der Waals surface area contributed by atoms with Crippen LogP contribution in [-0.4, -0.2) is 27.4 Å². The predicted octanol–water partition coefficient (Wildman–Crippen LogP) is 3.26. The van der Waals surface area contributed by atoms with Gasteiger partial charge < -0.3 is 5.32 Å². The summed E-state index contributed by atoms with van der Waals surface area (Å²) in [6.45, 7) is 3.99. The second-order valence-corrected chi connectivity index (χ2v) is 4.35. The van der Waals surface area contributed by atoms with Crippen molar-refractivity contribution in [2.45, 2.75) is 45.8 Å². The molecule has 0 fully saturated rings. The lowest BCUT2D eigenvalue weighted by molar-refractivity contribution is -0.384. The SMILES string of the molecule is CCn1nc(C)c([N+](=O)[O-])c1NCCCCC(F)(F)F. The van der Waals surface area contributed by atoms with Crippen molar-refractivity contribution in [3.8, 4) is 0 Å². The summed E-state index contributed by atoms with van der Waals surface area (Å²) < 4.78 is 37.4. The molecule has 0 radical (unpaired) electrons. The first-order valence-corrected chi connectivity index (χ1v) is 6.28. The van der Waals surface area contributed by atoms with Crippen molar-refractivity contribution in [3.05, 3.63) is 15.8 Å². The Kier molecular flexibility index (Phi) is 5.34. The van der Waals surface area contributed by atoms with E-state index in [-0.39, 0.29) is 36.6 Å². The van der Waals surface area contributed by atoms with Gasteiger partial charge >= 0.3 is 11.9 Å². The Morgan fingerprint density at radius 3 is 2.55 bits per heavy atom. The molecule has 0 saturated heterocycles. The van der Waals surface area contributed by atoms with Gasteiger partial charge in [0.15, 0.2) is 0 Å². The molecular weight excluding hydrogens is 277 g/mol. The van der Waals surface area contributed by atoms with Crippen LogP contribution in [0.5, 0.6) is 0 Å². The van der Waals surface area contributed by atoms with Gasteiger partial charge in [0.25, 0.3) is 0 Å². The van der Waals surface area contributed by atoms with Crippen molar-refractivity contribution in [2.75, 3.05) is 11.9 Å². The summed E-state index contributed by atoms with van der Waals surface area (Å²) in [4.78, 5) is 10.4. The first-order chi connectivity index (χ1) is 9.26. The van der Waals surface area contributed by atoms with Crippen LogP contribution in [0.1, 0.15) is 31.9 Å². The molecule has 0 bridgehead atoms. The lowest BCUT2D eigenvalue weighted by Crippen LogP contribution is -2.11. The molecule has 1 aromatic rings. The number of aromatic nitrogens is 2. The Labute approximate surface area is 114 Å². The van der Waals surface area contributed by atoms with Gasteiger partial charge in [-0.05, 0) is 26.7 Å². The summed E-state index contributed by atoms with van der Waals surface area (Å²) in [7, 11) is 0. The molecular formula is C11H17F3N4O2. The number of hydrogen-bond donors (Lipinski definition) is 1. The molecule has 0 aromatic carbocycles. The van der Waals surface area contributed by atoms with E-state index in [4.69, 9.17) is 0 Å². The van der Waals surface area contributed by atoms with Gasteiger partial charge in [0.1, 0.15) is 5.69 Å². The number of unbranched alkanes of at least 4 members (excludes halogenated alkanes) is 1. The highest BCUT2D eigenvalue weighted by molar-refractivity contribution is 5.59. The average molecular weight is 294 g/mol. The van der Waals surface area contributed by atoms with Gasteiger partial charge in [-0.2, -0.15) is 18.3 Å². The second kappa shape index (κ2) is 6.58. The number of hydrogen-bond acceptors (Lipinski definition) is 4. The first-order valence-electron chi connectivity index (χ1n) is 6.28. The predicted molar refractivity (Wildman–Crippen MR) is 67.7 cm³/mol. The Balaban J connectivity index is 2.61. The van der Waals surface area contributed by atoms with Crippen LogP contribution in [0.25, 0.3) is 0 Å². The highest BCUT2D eigenvalue weighted by atomic mass is 19.4. The number of halogens is 3. The zero-order valence-electron chi connectivity index (χ0n) is 11.3. The average Bonchev–Trinajstić information content (AvgIpc) is 2.63. The molecule has 0 spiro atoms. The summed E-state index contributed by atoms with van der Waals surface area (Å²) >= 11 is 0. The van der Waals surface area contributed by atoms with E-state index in [1.165, 1.54) is 11.6 Å². The molecule has 1 heterocycles. The first kappa shape index (κ1) is 16.3. The Hall–Kier alpha value is -1.80. The number of nitrogens with zero attached hydrogens (tertiary/aromatic N) is 3. The molecule has 0 aliphatic heterocycles. The van der Waals surface area contributed by atoms with E-state index in [2.05, 4.69) is 10.4 Å². The molecule has 1 rings (SSSR count). The number of aryl methyl sites for hydroxylation is 2. The topological polar surface area (TPSA) is 73.0 Å². The molecule has 9 heteroatoms. The fourth-order valence-corrected chi connectivity index (χ4v) is 1.85. The van der Waals surface area contributed by atoms with E-state index in [0.29, 0.717) is 6.54 Å². The van der Waals surface area contributed by atoms with Gasteiger partial charge in [-0.3, -0.25) is 10.1 Å². The maximum atomic E-state index is 12.0. The fraction of sp³-hybridized carbons (Fsp3) is 0.727. The Bertz CT molecular complexity index is 471. The smallest absolute Gasteiger partial charge is 0.365 e. The summed E-state index contributed by atoms with van der Waals surface area (Å²) in [5.41, 5.74) is 0.164. The lowest BCUT2D eigenvalue weighted by atomic mass is 10.2. The number of rotatable bonds is 7. The molecule has 0 unspecified atom stereocenters. The molecule has 0 amide bonds. The standard InChI is InChI=1S/C11H17F3N4O2/c1-3-17-10(9(18(19)20)8(2)16-17)15-7-5-4-6-11(12,13)14/h15H,3-7H2,1-2H3. The van der Waals surface area contributed by atoms with E-state index >= 15 is 0 Å². The van der Waals surface area contributed by atoms with Crippen LogP contribution in [0.15, 0.2) is 0 Å². The van der Waals surface area contributed by atoms with E-state index in [0.717, 1.165) is 0 Å². The molecule has 6 nitrogen and oxygen atoms in total. The largest absolute Gasteiger partial charge is 0.389 e. The van der Waals surface area contributed by atoms with Crippen LogP contribution in [0.3, 0.4) is 0 Å². The van der Waals surface area contributed by atoms with Crippen molar-refractivity contribution >= 4 is 11.5 Å². The fourth-order valence-electron chi connectivity index (χ4n) is 1.85. The van der Waals surface area contributed by atoms with E-state index in [9.17, 15) is 23.3 Å². The van der Waals surface area contributed by atoms with E-state index < -0.39 is 17.5 Å². The highest BCUT2D eigenvalue weighted by Gasteiger charge is 2.26. The zero-order chi connectivity index (χ0) is 15.3. The minimum atomic E-state index is -4.16. The van der Waals surface area contributed by atoms with Crippen molar-refractivity contribution in [2.24, 2.45) is 0 Å². The van der Waals surface area contributed by atoms with Crippen molar-refractivity contribution in [1.82, 2.24) is 9.78 Å². The quantitative estimate of drug-likeness (QED) is 0.476. The van der Waals surface area contributed by atoms with Crippen LogP contribution in [0.2, 0.25) is 0 Å². The van der Waals surface area contributed by atoms with Crippen LogP contribution in [-0.2, 0) is 6.54 Å².